The number of carboxylic acid groups (broad SMARTS) is 1. The summed E-state index contributed by atoms with van der Waals surface area (Å²) < 4.78 is 0. The standard InChI is InChI=1S/C50H59N7O8/c1-5-32(3)44(48(61)55-42(50(63)64)28-37-29-51-39-25-17-16-24-38(37)39)57-49(62)45(33(4)6-2)56-47(60)41(27-35-20-12-8-13-21-35)54-46(59)40(26-34-18-10-7-11-19-34)53-43(58)30-52-65-31-36-22-14-9-15-23-36/h7-25,29-30,32-33,40-42,44-45,51H,5-6,26-28,31H2,1-4H3,(H,53,58)(H,54,59)(H,55,61)(H,56,60)(H,57,62)(H,63,64)/b52-30+/t32-,33-,40-,41-,42-,44-,45-/m0/s1. The number of nitrogens with one attached hydrogen (secondary N) is 6. The summed E-state index contributed by atoms with van der Waals surface area (Å²) in [6, 6.07) is 28.9. The Balaban J connectivity index is 1.33. The maximum absolute atomic E-state index is 14.4. The van der Waals surface area contributed by atoms with Crippen molar-refractivity contribution in [2.24, 2.45) is 17.0 Å². The van der Waals surface area contributed by atoms with Gasteiger partial charge in [0, 0.05) is 36.4 Å². The van der Waals surface area contributed by atoms with Crippen LogP contribution in [0.25, 0.3) is 10.9 Å². The van der Waals surface area contributed by atoms with Crippen molar-refractivity contribution < 1.29 is 38.7 Å². The average Bonchev–Trinajstić information content (AvgIpc) is 3.73. The molecule has 15 heteroatoms. The molecule has 0 aliphatic heterocycles. The number of benzene rings is 4. The summed E-state index contributed by atoms with van der Waals surface area (Å²) in [5.41, 5.74) is 3.86. The third-order valence-corrected chi connectivity index (χ3v) is 11.4. The Kier molecular flexibility index (Phi) is 18.4. The summed E-state index contributed by atoms with van der Waals surface area (Å²) in [4.78, 5) is 90.8. The van der Waals surface area contributed by atoms with Gasteiger partial charge in [0.2, 0.25) is 23.6 Å². The van der Waals surface area contributed by atoms with Crippen LogP contribution in [-0.4, -0.2) is 82.0 Å². The number of carbonyl (C=O) groups excluding carboxylic acids is 5. The van der Waals surface area contributed by atoms with Crippen LogP contribution in [-0.2, 0) is 59.5 Å². The van der Waals surface area contributed by atoms with Crippen LogP contribution in [0.2, 0.25) is 0 Å². The number of aromatic amines is 1. The summed E-state index contributed by atoms with van der Waals surface area (Å²) in [7, 11) is 0. The molecule has 0 saturated heterocycles. The number of fused-ring (bicyclic) bond motifs is 1. The van der Waals surface area contributed by atoms with Crippen molar-refractivity contribution in [2.45, 2.75) is 96.6 Å². The van der Waals surface area contributed by atoms with E-state index in [0.717, 1.165) is 33.8 Å². The van der Waals surface area contributed by atoms with Crippen molar-refractivity contribution in [1.29, 1.82) is 0 Å². The quantitative estimate of drug-likeness (QED) is 0.0330. The minimum absolute atomic E-state index is 0.00101. The van der Waals surface area contributed by atoms with E-state index < -0.39 is 77.6 Å². The van der Waals surface area contributed by atoms with E-state index in [0.29, 0.717) is 18.4 Å². The van der Waals surface area contributed by atoms with E-state index in [2.05, 4.69) is 36.7 Å². The lowest BCUT2D eigenvalue weighted by atomic mass is 9.94. The van der Waals surface area contributed by atoms with E-state index in [4.69, 9.17) is 4.84 Å². The number of rotatable bonds is 24. The van der Waals surface area contributed by atoms with Crippen LogP contribution in [0.4, 0.5) is 0 Å². The fourth-order valence-electron chi connectivity index (χ4n) is 7.25. The Labute approximate surface area is 379 Å². The van der Waals surface area contributed by atoms with Gasteiger partial charge in [0.25, 0.3) is 5.91 Å². The average molecular weight is 886 g/mol. The van der Waals surface area contributed by atoms with Crippen molar-refractivity contribution in [3.05, 3.63) is 144 Å². The van der Waals surface area contributed by atoms with Gasteiger partial charge in [0.1, 0.15) is 43.0 Å². The Morgan fingerprint density at radius 3 is 1.60 bits per heavy atom. The minimum atomic E-state index is -1.30. The zero-order valence-corrected chi connectivity index (χ0v) is 37.2. The second kappa shape index (κ2) is 24.5. The number of amides is 5. The van der Waals surface area contributed by atoms with Crippen molar-refractivity contribution in [3.8, 4) is 0 Å². The Hall–Kier alpha value is -7.29. The number of H-pyrrole nitrogens is 1. The van der Waals surface area contributed by atoms with Gasteiger partial charge in [-0.25, -0.2) is 4.79 Å². The molecule has 1 heterocycles. The van der Waals surface area contributed by atoms with Crippen molar-refractivity contribution in [3.63, 3.8) is 0 Å². The van der Waals surface area contributed by atoms with Crippen molar-refractivity contribution >= 4 is 52.6 Å². The molecular weight excluding hydrogens is 827 g/mol. The van der Waals surface area contributed by atoms with Gasteiger partial charge in [-0.15, -0.1) is 0 Å². The monoisotopic (exact) mass is 885 g/mol. The number of carbonyl (C=O) groups is 6. The number of aromatic nitrogens is 1. The van der Waals surface area contributed by atoms with Gasteiger partial charge in [0.05, 0.1) is 0 Å². The topological polar surface area (TPSA) is 220 Å². The number of hydrogen-bond acceptors (Lipinski definition) is 8. The summed E-state index contributed by atoms with van der Waals surface area (Å²) in [5.74, 6) is -5.44. The third-order valence-electron chi connectivity index (χ3n) is 11.4. The number of aliphatic carboxylic acids is 1. The number of nitrogens with zero attached hydrogens (tertiary/aromatic N) is 1. The number of hydrogen-bond donors (Lipinski definition) is 7. The fraction of sp³-hybridized carbons (Fsp3) is 0.340. The Morgan fingerprint density at radius 1 is 0.585 bits per heavy atom. The highest BCUT2D eigenvalue weighted by atomic mass is 16.6. The fourth-order valence-corrected chi connectivity index (χ4v) is 7.25. The van der Waals surface area contributed by atoms with Crippen LogP contribution < -0.4 is 26.6 Å². The molecule has 0 spiro atoms. The molecular formula is C50H59N7O8. The van der Waals surface area contributed by atoms with Crippen LogP contribution in [0, 0.1) is 11.8 Å². The van der Waals surface area contributed by atoms with E-state index in [-0.39, 0.29) is 25.9 Å². The van der Waals surface area contributed by atoms with Crippen LogP contribution in [0.3, 0.4) is 0 Å². The minimum Gasteiger partial charge on any atom is -0.480 e. The Morgan fingerprint density at radius 2 is 1.05 bits per heavy atom. The number of para-hydroxylation sites is 1. The van der Waals surface area contributed by atoms with Gasteiger partial charge in [-0.2, -0.15) is 0 Å². The molecule has 7 N–H and O–H groups in total. The zero-order chi connectivity index (χ0) is 46.7. The van der Waals surface area contributed by atoms with Crippen LogP contribution in [0.1, 0.15) is 62.8 Å². The molecule has 4 aromatic carbocycles. The van der Waals surface area contributed by atoms with Crippen molar-refractivity contribution in [2.75, 3.05) is 0 Å². The molecule has 0 saturated carbocycles. The first-order chi connectivity index (χ1) is 31.4. The van der Waals surface area contributed by atoms with E-state index in [1.165, 1.54) is 0 Å². The molecule has 1 aromatic heterocycles. The first-order valence-electron chi connectivity index (χ1n) is 21.9. The van der Waals surface area contributed by atoms with E-state index in [9.17, 15) is 33.9 Å². The molecule has 0 aliphatic carbocycles. The normalized spacial score (nSPS) is 14.5. The van der Waals surface area contributed by atoms with Gasteiger partial charge in [0.15, 0.2) is 0 Å². The SMILES string of the molecule is CC[C@H](C)[C@H](NC(=O)[C@H](Cc1ccccc1)NC(=O)[C@H](Cc1ccccc1)NC(=O)/C=N/OCc1ccccc1)C(=O)N[C@H](C(=O)N[C@@H](Cc1c[nH]c2ccccc12)C(=O)O)[C@@H](C)CC. The molecule has 342 valence electrons. The van der Waals surface area contributed by atoms with Crippen LogP contribution >= 0.6 is 0 Å². The summed E-state index contributed by atoms with van der Waals surface area (Å²) >= 11 is 0. The highest BCUT2D eigenvalue weighted by Gasteiger charge is 2.36. The second-order valence-corrected chi connectivity index (χ2v) is 16.2. The maximum Gasteiger partial charge on any atom is 0.326 e. The lowest BCUT2D eigenvalue weighted by Gasteiger charge is -2.31. The summed E-state index contributed by atoms with van der Waals surface area (Å²) in [6.07, 6.45) is 3.71. The second-order valence-electron chi connectivity index (χ2n) is 16.2. The first-order valence-corrected chi connectivity index (χ1v) is 21.9. The van der Waals surface area contributed by atoms with Gasteiger partial charge in [-0.3, -0.25) is 24.0 Å². The molecule has 5 rings (SSSR count). The van der Waals surface area contributed by atoms with Gasteiger partial charge in [-0.05, 0) is 40.2 Å². The lowest BCUT2D eigenvalue weighted by Crippen LogP contribution is -2.61. The van der Waals surface area contributed by atoms with E-state index in [1.807, 2.05) is 105 Å². The zero-order valence-electron chi connectivity index (χ0n) is 37.2. The van der Waals surface area contributed by atoms with Gasteiger partial charge >= 0.3 is 5.97 Å². The molecule has 15 nitrogen and oxygen atoms in total. The first kappa shape index (κ1) is 48.7. The Bertz CT molecular complexity index is 2370. The molecule has 5 aromatic rings. The summed E-state index contributed by atoms with van der Waals surface area (Å²) in [5, 5.41) is 28.6. The van der Waals surface area contributed by atoms with Gasteiger partial charge in [-0.1, -0.05) is 155 Å². The highest BCUT2D eigenvalue weighted by Crippen LogP contribution is 2.20. The summed E-state index contributed by atoms with van der Waals surface area (Å²) in [6.45, 7) is 7.40. The maximum atomic E-state index is 14.4. The predicted molar refractivity (Wildman–Crippen MR) is 248 cm³/mol. The largest absolute Gasteiger partial charge is 0.480 e. The number of oxime groups is 1. The molecule has 0 fully saturated rings. The highest BCUT2D eigenvalue weighted by molar-refractivity contribution is 6.26. The molecule has 7 atom stereocenters. The third kappa shape index (κ3) is 14.6. The molecule has 0 radical (unpaired) electrons. The lowest BCUT2D eigenvalue weighted by molar-refractivity contribution is -0.142. The molecule has 5 amide bonds. The van der Waals surface area contributed by atoms with Crippen LogP contribution in [0.5, 0.6) is 0 Å². The predicted octanol–water partition coefficient (Wildman–Crippen LogP) is 5.00. The molecule has 65 heavy (non-hydrogen) atoms. The smallest absolute Gasteiger partial charge is 0.326 e. The molecule has 0 bridgehead atoms. The number of carboxylic acids is 1. The van der Waals surface area contributed by atoms with Gasteiger partial charge < -0.3 is 41.5 Å². The van der Waals surface area contributed by atoms with Crippen molar-refractivity contribution in [1.82, 2.24) is 31.6 Å². The van der Waals surface area contributed by atoms with E-state index >= 15 is 0 Å². The molecule has 0 aliphatic rings. The molecule has 0 unspecified atom stereocenters. The van der Waals surface area contributed by atoms with E-state index in [1.54, 1.807) is 44.3 Å². The van der Waals surface area contributed by atoms with Crippen LogP contribution in [0.15, 0.2) is 127 Å².